The maximum Gasteiger partial charge on any atom is 0.264 e. The number of hydrogen-bond acceptors (Lipinski definition) is 7. The highest BCUT2D eigenvalue weighted by molar-refractivity contribution is 6.25. The summed E-state index contributed by atoms with van der Waals surface area (Å²) in [6, 6.07) is 4.13. The molecule has 2 saturated heterocycles. The SMILES string of the molecule is [N-]=[N+]=NCCN1CCC(CCNc2cccc3c2C(=O)N(C2CCC(=O)NC2=O)C3=O)CC1. The number of nitrogens with zero attached hydrogens (tertiary/aromatic N) is 5. The van der Waals surface area contributed by atoms with Crippen LogP contribution in [0.1, 0.15) is 52.8 Å². The topological polar surface area (TPSA) is 148 Å². The van der Waals surface area contributed by atoms with E-state index in [2.05, 4.69) is 25.6 Å². The van der Waals surface area contributed by atoms with E-state index in [0.717, 1.165) is 43.8 Å². The van der Waals surface area contributed by atoms with E-state index in [-0.39, 0.29) is 18.4 Å². The van der Waals surface area contributed by atoms with E-state index in [4.69, 9.17) is 5.53 Å². The quantitative estimate of drug-likeness (QED) is 0.266. The smallest absolute Gasteiger partial charge is 0.264 e. The Kier molecular flexibility index (Phi) is 6.90. The first-order valence-electron chi connectivity index (χ1n) is 11.3. The van der Waals surface area contributed by atoms with Gasteiger partial charge in [0, 0.05) is 36.7 Å². The van der Waals surface area contributed by atoms with E-state index in [1.54, 1.807) is 18.2 Å². The third kappa shape index (κ3) is 4.84. The normalized spacial score (nSPS) is 21.6. The van der Waals surface area contributed by atoms with Crippen LogP contribution in [0.5, 0.6) is 0 Å². The summed E-state index contributed by atoms with van der Waals surface area (Å²) >= 11 is 0. The van der Waals surface area contributed by atoms with Crippen LogP contribution in [0, 0.1) is 5.92 Å². The fourth-order valence-electron chi connectivity index (χ4n) is 4.80. The number of benzene rings is 1. The molecule has 174 valence electrons. The van der Waals surface area contributed by atoms with Crippen molar-refractivity contribution < 1.29 is 19.2 Å². The number of fused-ring (bicyclic) bond motifs is 1. The lowest BCUT2D eigenvalue weighted by Gasteiger charge is -2.31. The van der Waals surface area contributed by atoms with Crippen LogP contribution < -0.4 is 10.6 Å². The molecule has 3 aliphatic rings. The summed E-state index contributed by atoms with van der Waals surface area (Å²) in [6.07, 6.45) is 3.30. The fourth-order valence-corrected chi connectivity index (χ4v) is 4.80. The molecule has 11 nitrogen and oxygen atoms in total. The number of anilines is 1. The molecule has 1 aromatic carbocycles. The molecule has 1 unspecified atom stereocenters. The largest absolute Gasteiger partial charge is 0.384 e. The molecule has 11 heteroatoms. The van der Waals surface area contributed by atoms with Crippen LogP contribution in [0.15, 0.2) is 23.3 Å². The highest BCUT2D eigenvalue weighted by Gasteiger charge is 2.45. The zero-order chi connectivity index (χ0) is 23.4. The summed E-state index contributed by atoms with van der Waals surface area (Å²) in [7, 11) is 0. The molecule has 0 spiro atoms. The summed E-state index contributed by atoms with van der Waals surface area (Å²) in [5.41, 5.74) is 9.54. The summed E-state index contributed by atoms with van der Waals surface area (Å²) in [5, 5.41) is 9.12. The Morgan fingerprint density at radius 3 is 2.64 bits per heavy atom. The number of imide groups is 2. The number of carbonyl (C=O) groups is 4. The molecule has 1 aromatic rings. The number of likely N-dealkylation sites (tertiary alicyclic amines) is 1. The third-order valence-corrected chi connectivity index (χ3v) is 6.62. The monoisotopic (exact) mass is 453 g/mol. The first-order chi connectivity index (χ1) is 16.0. The molecular weight excluding hydrogens is 426 g/mol. The van der Waals surface area contributed by atoms with Crippen LogP contribution in [0.3, 0.4) is 0 Å². The zero-order valence-corrected chi connectivity index (χ0v) is 18.3. The molecule has 2 fully saturated rings. The van der Waals surface area contributed by atoms with Crippen LogP contribution in [0.25, 0.3) is 10.4 Å². The van der Waals surface area contributed by atoms with E-state index in [0.29, 0.717) is 30.3 Å². The van der Waals surface area contributed by atoms with E-state index in [9.17, 15) is 19.2 Å². The van der Waals surface area contributed by atoms with Gasteiger partial charge >= 0.3 is 0 Å². The minimum atomic E-state index is -0.966. The van der Waals surface area contributed by atoms with Crippen molar-refractivity contribution in [2.24, 2.45) is 11.0 Å². The second kappa shape index (κ2) is 10.0. The molecule has 2 N–H and O–H groups in total. The van der Waals surface area contributed by atoms with Gasteiger partial charge in [-0.15, -0.1) is 0 Å². The lowest BCUT2D eigenvalue weighted by molar-refractivity contribution is -0.136. The van der Waals surface area contributed by atoms with Crippen molar-refractivity contribution in [2.45, 2.75) is 38.1 Å². The Balaban J connectivity index is 1.34. The van der Waals surface area contributed by atoms with Gasteiger partial charge in [0.1, 0.15) is 6.04 Å². The van der Waals surface area contributed by atoms with Crippen molar-refractivity contribution in [1.29, 1.82) is 0 Å². The fraction of sp³-hybridized carbons (Fsp3) is 0.545. The van der Waals surface area contributed by atoms with Crippen molar-refractivity contribution in [3.05, 3.63) is 39.8 Å². The molecule has 0 bridgehead atoms. The van der Waals surface area contributed by atoms with Crippen molar-refractivity contribution in [1.82, 2.24) is 15.1 Å². The summed E-state index contributed by atoms with van der Waals surface area (Å²) < 4.78 is 0. The van der Waals surface area contributed by atoms with Crippen LogP contribution in [0.4, 0.5) is 5.69 Å². The molecule has 1 atom stereocenters. The number of amides is 4. The Morgan fingerprint density at radius 2 is 1.91 bits per heavy atom. The van der Waals surface area contributed by atoms with Crippen molar-refractivity contribution in [2.75, 3.05) is 38.0 Å². The average molecular weight is 454 g/mol. The second-order valence-corrected chi connectivity index (χ2v) is 8.63. The van der Waals surface area contributed by atoms with Gasteiger partial charge in [-0.05, 0) is 62.4 Å². The summed E-state index contributed by atoms with van der Waals surface area (Å²) in [4.78, 5) is 55.8. The Hall–Kier alpha value is -3.43. The van der Waals surface area contributed by atoms with E-state index < -0.39 is 29.7 Å². The number of nitrogens with one attached hydrogen (secondary N) is 2. The van der Waals surface area contributed by atoms with Crippen molar-refractivity contribution in [3.63, 3.8) is 0 Å². The highest BCUT2D eigenvalue weighted by atomic mass is 16.2. The van der Waals surface area contributed by atoms with Gasteiger partial charge in [0.05, 0.1) is 11.1 Å². The van der Waals surface area contributed by atoms with Crippen LogP contribution in [-0.2, 0) is 9.59 Å². The van der Waals surface area contributed by atoms with Gasteiger partial charge in [-0.2, -0.15) is 0 Å². The Bertz CT molecular complexity index is 1010. The van der Waals surface area contributed by atoms with E-state index in [1.165, 1.54) is 0 Å². The van der Waals surface area contributed by atoms with Gasteiger partial charge in [0.2, 0.25) is 11.8 Å². The van der Waals surface area contributed by atoms with Gasteiger partial charge in [-0.3, -0.25) is 29.4 Å². The standard InChI is InChI=1S/C22H27N7O4/c23-27-25-10-13-28-11-7-14(8-12-28)6-9-24-16-3-1-2-15-19(16)22(33)29(21(15)32)17-4-5-18(30)26-20(17)31/h1-3,14,17,24H,4-13H2,(H,26,30,31). The zero-order valence-electron chi connectivity index (χ0n) is 18.3. The number of hydrogen-bond donors (Lipinski definition) is 2. The highest BCUT2D eigenvalue weighted by Crippen LogP contribution is 2.32. The minimum absolute atomic E-state index is 0.0965. The second-order valence-electron chi connectivity index (χ2n) is 8.63. The van der Waals surface area contributed by atoms with Gasteiger partial charge in [0.15, 0.2) is 0 Å². The number of azide groups is 1. The lowest BCUT2D eigenvalue weighted by atomic mass is 9.93. The lowest BCUT2D eigenvalue weighted by Crippen LogP contribution is -2.54. The number of rotatable bonds is 8. The number of carbonyl (C=O) groups excluding carboxylic acids is 4. The summed E-state index contributed by atoms with van der Waals surface area (Å²) in [5.74, 6) is -1.44. The van der Waals surface area contributed by atoms with Crippen LogP contribution in [0.2, 0.25) is 0 Å². The molecule has 3 heterocycles. The molecule has 33 heavy (non-hydrogen) atoms. The molecular formula is C22H27N7O4. The summed E-state index contributed by atoms with van der Waals surface area (Å²) in [6.45, 7) is 3.88. The maximum absolute atomic E-state index is 13.1. The minimum Gasteiger partial charge on any atom is -0.384 e. The molecule has 0 radical (unpaired) electrons. The average Bonchev–Trinajstić information content (AvgIpc) is 3.06. The van der Waals surface area contributed by atoms with E-state index >= 15 is 0 Å². The third-order valence-electron chi connectivity index (χ3n) is 6.62. The van der Waals surface area contributed by atoms with Gasteiger partial charge in [-0.25, -0.2) is 0 Å². The Morgan fingerprint density at radius 1 is 1.12 bits per heavy atom. The van der Waals surface area contributed by atoms with Crippen LogP contribution in [-0.4, -0.2) is 72.2 Å². The molecule has 4 amide bonds. The molecule has 0 aliphatic carbocycles. The predicted molar refractivity (Wildman–Crippen MR) is 119 cm³/mol. The molecule has 0 aromatic heterocycles. The van der Waals surface area contributed by atoms with Crippen molar-refractivity contribution in [3.8, 4) is 0 Å². The molecule has 0 saturated carbocycles. The van der Waals surface area contributed by atoms with Gasteiger partial charge in [0.25, 0.3) is 11.8 Å². The van der Waals surface area contributed by atoms with Gasteiger partial charge in [-0.1, -0.05) is 11.2 Å². The first kappa shape index (κ1) is 22.8. The first-order valence-corrected chi connectivity index (χ1v) is 11.3. The van der Waals surface area contributed by atoms with E-state index in [1.807, 2.05) is 0 Å². The molecule has 4 rings (SSSR count). The molecule has 3 aliphatic heterocycles. The Labute approximate surface area is 191 Å². The number of piperidine rings is 2. The van der Waals surface area contributed by atoms with Crippen LogP contribution >= 0.6 is 0 Å². The predicted octanol–water partition coefficient (Wildman–Crippen LogP) is 1.91. The maximum atomic E-state index is 13.1. The van der Waals surface area contributed by atoms with Gasteiger partial charge < -0.3 is 10.2 Å². The van der Waals surface area contributed by atoms with Crippen molar-refractivity contribution >= 4 is 29.3 Å².